The Balaban J connectivity index is 1.28. The van der Waals surface area contributed by atoms with Crippen molar-refractivity contribution in [2.45, 2.75) is 0 Å². The molecule has 0 radical (unpaired) electrons. The van der Waals surface area contributed by atoms with Gasteiger partial charge in [-0.15, -0.1) is 0 Å². The van der Waals surface area contributed by atoms with Crippen molar-refractivity contribution in [3.8, 4) is 33.7 Å². The molecule has 0 N–H and O–H groups in total. The first-order chi connectivity index (χ1) is 21.8. The molecular weight excluding hydrogens is 536 g/mol. The van der Waals surface area contributed by atoms with Crippen molar-refractivity contribution in [2.24, 2.45) is 0 Å². The van der Waals surface area contributed by atoms with Gasteiger partial charge in [-0.3, -0.25) is 0 Å². The second-order valence-electron chi connectivity index (χ2n) is 10.8. The molecule has 8 rings (SSSR count). The summed E-state index contributed by atoms with van der Waals surface area (Å²) < 4.78 is 6.34. The third kappa shape index (κ3) is 4.71. The first-order valence-electron chi connectivity index (χ1n) is 14.8. The summed E-state index contributed by atoms with van der Waals surface area (Å²) in [6.45, 7) is 0. The van der Waals surface area contributed by atoms with Crippen LogP contribution in [0.5, 0.6) is 0 Å². The number of aromatic nitrogens is 1. The van der Waals surface area contributed by atoms with E-state index in [2.05, 4.69) is 138 Å². The zero-order chi connectivity index (χ0) is 29.3. The molecule has 0 aliphatic carbocycles. The van der Waals surface area contributed by atoms with E-state index in [0.717, 1.165) is 44.5 Å². The summed E-state index contributed by atoms with van der Waals surface area (Å²) in [4.78, 5) is 7.13. The van der Waals surface area contributed by atoms with Crippen LogP contribution in [0.1, 0.15) is 0 Å². The first-order valence-corrected chi connectivity index (χ1v) is 14.8. The third-order valence-corrected chi connectivity index (χ3v) is 8.10. The average molecular weight is 565 g/mol. The van der Waals surface area contributed by atoms with Gasteiger partial charge in [-0.05, 0) is 76.7 Å². The summed E-state index contributed by atoms with van der Waals surface area (Å²) >= 11 is 0. The van der Waals surface area contributed by atoms with Gasteiger partial charge in [0.2, 0.25) is 5.89 Å². The van der Waals surface area contributed by atoms with Gasteiger partial charge in [0.1, 0.15) is 5.52 Å². The molecule has 0 aliphatic rings. The molecule has 0 saturated heterocycles. The molecule has 3 nitrogen and oxygen atoms in total. The van der Waals surface area contributed by atoms with Gasteiger partial charge in [-0.25, -0.2) is 4.98 Å². The van der Waals surface area contributed by atoms with Crippen LogP contribution in [0.3, 0.4) is 0 Å². The van der Waals surface area contributed by atoms with Crippen LogP contribution in [0.2, 0.25) is 0 Å². The van der Waals surface area contributed by atoms with E-state index in [9.17, 15) is 0 Å². The number of hydrogen-bond donors (Lipinski definition) is 0. The lowest BCUT2D eigenvalue weighted by molar-refractivity contribution is 0.623. The SMILES string of the molecule is c1ccc(-c2ccc(N(c3ccc4c(ccc5nc(-c6ccccc6)oc54)c3)c3ccccc3-c3ccccc3)cc2)cc1. The Morgan fingerprint density at radius 1 is 0.455 bits per heavy atom. The van der Waals surface area contributed by atoms with Gasteiger partial charge in [0, 0.05) is 27.9 Å². The summed E-state index contributed by atoms with van der Waals surface area (Å²) in [5, 5.41) is 2.13. The lowest BCUT2D eigenvalue weighted by atomic mass is 10.0. The molecule has 44 heavy (non-hydrogen) atoms. The molecule has 0 bridgehead atoms. The zero-order valence-electron chi connectivity index (χ0n) is 24.0. The van der Waals surface area contributed by atoms with Crippen LogP contribution in [-0.4, -0.2) is 4.98 Å². The van der Waals surface area contributed by atoms with Crippen molar-refractivity contribution in [1.82, 2.24) is 4.98 Å². The Labute approximate surface area is 256 Å². The molecule has 0 atom stereocenters. The molecule has 0 aliphatic heterocycles. The number of nitrogens with zero attached hydrogens (tertiary/aromatic N) is 2. The molecule has 0 unspecified atom stereocenters. The standard InChI is InChI=1S/C41H28N2O/c1-4-12-29(13-5-1)30-20-23-34(24-21-30)43(39-19-11-10-18-36(39)31-14-6-2-7-15-31)35-25-26-37-33(28-35)22-27-38-40(37)44-41(42-38)32-16-8-3-9-17-32/h1-28H. The molecule has 0 fully saturated rings. The second kappa shape index (κ2) is 11.0. The van der Waals surface area contributed by atoms with E-state index in [0.29, 0.717) is 5.89 Å². The summed E-state index contributed by atoms with van der Waals surface area (Å²) in [5.74, 6) is 0.633. The van der Waals surface area contributed by atoms with Crippen LogP contribution in [0.25, 0.3) is 55.6 Å². The normalized spacial score (nSPS) is 11.2. The van der Waals surface area contributed by atoms with E-state index >= 15 is 0 Å². The van der Waals surface area contributed by atoms with Gasteiger partial charge < -0.3 is 9.32 Å². The highest BCUT2D eigenvalue weighted by Gasteiger charge is 2.19. The molecule has 0 amide bonds. The summed E-state index contributed by atoms with van der Waals surface area (Å²) in [7, 11) is 0. The highest BCUT2D eigenvalue weighted by Crippen LogP contribution is 2.42. The van der Waals surface area contributed by atoms with Crippen LogP contribution in [0.15, 0.2) is 174 Å². The molecule has 0 spiro atoms. The maximum absolute atomic E-state index is 6.34. The molecule has 0 saturated carbocycles. The highest BCUT2D eigenvalue weighted by molar-refractivity contribution is 6.05. The quantitative estimate of drug-likeness (QED) is 0.201. The molecule has 1 aromatic heterocycles. The number of oxazole rings is 1. The third-order valence-electron chi connectivity index (χ3n) is 8.10. The minimum atomic E-state index is 0.633. The van der Waals surface area contributed by atoms with Crippen molar-refractivity contribution in [1.29, 1.82) is 0 Å². The average Bonchev–Trinajstić information content (AvgIpc) is 3.55. The second-order valence-corrected chi connectivity index (χ2v) is 10.8. The van der Waals surface area contributed by atoms with Crippen LogP contribution in [-0.2, 0) is 0 Å². The molecule has 208 valence electrons. The molecule has 8 aromatic rings. The fourth-order valence-corrected chi connectivity index (χ4v) is 5.94. The van der Waals surface area contributed by atoms with Gasteiger partial charge in [0.15, 0.2) is 5.58 Å². The van der Waals surface area contributed by atoms with Crippen molar-refractivity contribution >= 4 is 38.9 Å². The Morgan fingerprint density at radius 3 is 1.77 bits per heavy atom. The Bertz CT molecular complexity index is 2200. The molecule has 1 heterocycles. The van der Waals surface area contributed by atoms with Crippen LogP contribution in [0.4, 0.5) is 17.1 Å². The fraction of sp³-hybridized carbons (Fsp3) is 0. The van der Waals surface area contributed by atoms with Crippen molar-refractivity contribution in [2.75, 3.05) is 4.90 Å². The smallest absolute Gasteiger partial charge is 0.227 e. The highest BCUT2D eigenvalue weighted by atomic mass is 16.3. The van der Waals surface area contributed by atoms with E-state index in [1.165, 1.54) is 22.3 Å². The minimum absolute atomic E-state index is 0.633. The molecule has 3 heteroatoms. The van der Waals surface area contributed by atoms with E-state index < -0.39 is 0 Å². The van der Waals surface area contributed by atoms with Gasteiger partial charge in [-0.2, -0.15) is 0 Å². The lowest BCUT2D eigenvalue weighted by Crippen LogP contribution is -2.11. The lowest BCUT2D eigenvalue weighted by Gasteiger charge is -2.28. The Kier molecular flexibility index (Phi) is 6.47. The van der Waals surface area contributed by atoms with E-state index in [-0.39, 0.29) is 0 Å². The summed E-state index contributed by atoms with van der Waals surface area (Å²) in [5.41, 5.74) is 10.6. The number of anilines is 3. The largest absolute Gasteiger partial charge is 0.435 e. The van der Waals surface area contributed by atoms with Gasteiger partial charge in [0.05, 0.1) is 5.69 Å². The monoisotopic (exact) mass is 564 g/mol. The Hall–Kier alpha value is -5.93. The van der Waals surface area contributed by atoms with E-state index in [4.69, 9.17) is 9.40 Å². The van der Waals surface area contributed by atoms with E-state index in [1.807, 2.05) is 36.4 Å². The summed E-state index contributed by atoms with van der Waals surface area (Å²) in [6, 6.07) is 59.3. The van der Waals surface area contributed by atoms with E-state index in [1.54, 1.807) is 0 Å². The number of benzene rings is 7. The Morgan fingerprint density at radius 2 is 1.05 bits per heavy atom. The number of fused-ring (bicyclic) bond motifs is 3. The van der Waals surface area contributed by atoms with Crippen molar-refractivity contribution in [3.63, 3.8) is 0 Å². The van der Waals surface area contributed by atoms with Gasteiger partial charge in [0.25, 0.3) is 0 Å². The first kappa shape index (κ1) is 25.8. The topological polar surface area (TPSA) is 29.3 Å². The minimum Gasteiger partial charge on any atom is -0.435 e. The van der Waals surface area contributed by atoms with Crippen molar-refractivity contribution in [3.05, 3.63) is 170 Å². The van der Waals surface area contributed by atoms with Crippen LogP contribution in [0, 0.1) is 0 Å². The van der Waals surface area contributed by atoms with Crippen LogP contribution < -0.4 is 4.90 Å². The van der Waals surface area contributed by atoms with Gasteiger partial charge in [-0.1, -0.05) is 115 Å². The molecule has 7 aromatic carbocycles. The predicted molar refractivity (Wildman–Crippen MR) is 183 cm³/mol. The van der Waals surface area contributed by atoms with Gasteiger partial charge >= 0.3 is 0 Å². The van der Waals surface area contributed by atoms with Crippen molar-refractivity contribution < 1.29 is 4.42 Å². The number of hydrogen-bond acceptors (Lipinski definition) is 3. The summed E-state index contributed by atoms with van der Waals surface area (Å²) in [6.07, 6.45) is 0. The zero-order valence-corrected chi connectivity index (χ0v) is 24.0. The maximum Gasteiger partial charge on any atom is 0.227 e. The predicted octanol–water partition coefficient (Wildman–Crippen LogP) is 11.5. The van der Waals surface area contributed by atoms with Crippen LogP contribution >= 0.6 is 0 Å². The maximum atomic E-state index is 6.34. The number of rotatable bonds is 6. The molecular formula is C41H28N2O. The number of para-hydroxylation sites is 1. The fourth-order valence-electron chi connectivity index (χ4n) is 5.94.